The maximum atomic E-state index is 14.4. The number of alkyl halides is 2. The summed E-state index contributed by atoms with van der Waals surface area (Å²) >= 11 is 1.16. The van der Waals surface area contributed by atoms with Crippen LogP contribution in [0.2, 0.25) is 0 Å². The molecule has 1 amide bonds. The molecule has 5 nitrogen and oxygen atoms in total. The molecule has 1 aliphatic heterocycles. The average Bonchev–Trinajstić information content (AvgIpc) is 2.70. The molecule has 1 aromatic rings. The summed E-state index contributed by atoms with van der Waals surface area (Å²) in [6.45, 7) is 0.132. The molecule has 2 atom stereocenters. The Kier molecular flexibility index (Phi) is 8.68. The van der Waals surface area contributed by atoms with Crippen LogP contribution in [0.15, 0.2) is 42.5 Å². The van der Waals surface area contributed by atoms with Crippen molar-refractivity contribution in [2.45, 2.75) is 37.3 Å². The summed E-state index contributed by atoms with van der Waals surface area (Å²) < 4.78 is 28.8. The van der Waals surface area contributed by atoms with Gasteiger partial charge < -0.3 is 15.1 Å². The summed E-state index contributed by atoms with van der Waals surface area (Å²) in [7, 11) is 0. The molecule has 0 bridgehead atoms. The molecule has 1 aromatic carbocycles. The highest BCUT2D eigenvalue weighted by atomic mass is 32.2. The minimum absolute atomic E-state index is 0.0454. The average molecular weight is 423 g/mol. The molecule has 2 N–H and O–H groups in total. The van der Waals surface area contributed by atoms with Crippen molar-refractivity contribution in [3.05, 3.63) is 48.0 Å². The Bertz CT molecular complexity index is 789. The lowest BCUT2D eigenvalue weighted by Crippen LogP contribution is -2.43. The summed E-state index contributed by atoms with van der Waals surface area (Å²) in [5, 5.41) is 18.6. The van der Waals surface area contributed by atoms with E-state index < -0.39 is 24.0 Å². The molecule has 8 heteroatoms. The quantitative estimate of drug-likeness (QED) is 0.382. The first kappa shape index (κ1) is 22.9. The predicted octanol–water partition coefficient (Wildman–Crippen LogP) is 2.90. The third-order valence-corrected chi connectivity index (χ3v) is 5.23. The number of aliphatic hydroxyl groups is 1. The zero-order valence-corrected chi connectivity index (χ0v) is 16.6. The Balaban J connectivity index is 2.00. The number of aliphatic carboxylic acids is 1. The van der Waals surface area contributed by atoms with Gasteiger partial charge in [0.05, 0.1) is 24.1 Å². The Morgan fingerprint density at radius 3 is 2.76 bits per heavy atom. The first-order valence-electron chi connectivity index (χ1n) is 9.17. The van der Waals surface area contributed by atoms with Crippen molar-refractivity contribution in [2.24, 2.45) is 0 Å². The number of benzene rings is 1. The number of likely N-dealkylation sites (tertiary alicyclic amines) is 1. The Morgan fingerprint density at radius 1 is 1.34 bits per heavy atom. The monoisotopic (exact) mass is 423 g/mol. The van der Waals surface area contributed by atoms with Gasteiger partial charge >= 0.3 is 11.9 Å². The standard InChI is InChI=1S/C21H23F2NO4S/c22-21(23,16-7-2-1-3-8-16)18(25)12-11-17-9-6-10-19(26)24(17)13-4-5-14-29-15-20(27)28/h1-3,7-8,11-12,17-18,25H,6,9-10,13-15H2,(H,27,28)/b12-11+/t17-,18-/m1/s1. The van der Waals surface area contributed by atoms with Crippen molar-refractivity contribution in [2.75, 3.05) is 18.1 Å². The fourth-order valence-electron chi connectivity index (χ4n) is 2.92. The molecule has 1 fully saturated rings. The first-order valence-corrected chi connectivity index (χ1v) is 10.3. The third-order valence-electron chi connectivity index (χ3n) is 4.43. The van der Waals surface area contributed by atoms with E-state index in [0.717, 1.165) is 17.8 Å². The van der Waals surface area contributed by atoms with Gasteiger partial charge in [-0.15, -0.1) is 11.8 Å². The van der Waals surface area contributed by atoms with Crippen LogP contribution in [-0.4, -0.2) is 57.2 Å². The number of hydrogen-bond acceptors (Lipinski definition) is 4. The van der Waals surface area contributed by atoms with E-state index in [0.29, 0.717) is 25.0 Å². The van der Waals surface area contributed by atoms with Crippen molar-refractivity contribution in [1.82, 2.24) is 4.90 Å². The van der Waals surface area contributed by atoms with Crippen LogP contribution in [0.4, 0.5) is 8.78 Å². The lowest BCUT2D eigenvalue weighted by molar-refractivity contribution is -0.135. The number of carbonyl (C=O) groups is 2. The van der Waals surface area contributed by atoms with Crippen LogP contribution in [0.5, 0.6) is 0 Å². The fraction of sp³-hybridized carbons (Fsp3) is 0.429. The van der Waals surface area contributed by atoms with Crippen molar-refractivity contribution in [3.8, 4) is 11.8 Å². The topological polar surface area (TPSA) is 77.8 Å². The van der Waals surface area contributed by atoms with Crippen LogP contribution in [0.1, 0.15) is 24.8 Å². The van der Waals surface area contributed by atoms with Crippen LogP contribution in [0.25, 0.3) is 0 Å². The number of aliphatic hydroxyl groups excluding tert-OH is 1. The van der Waals surface area contributed by atoms with E-state index in [1.54, 1.807) is 6.07 Å². The Hall–Kier alpha value is -2.37. The molecule has 29 heavy (non-hydrogen) atoms. The maximum Gasteiger partial charge on any atom is 0.313 e. The van der Waals surface area contributed by atoms with Gasteiger partial charge in [0.2, 0.25) is 5.91 Å². The predicted molar refractivity (Wildman–Crippen MR) is 108 cm³/mol. The van der Waals surface area contributed by atoms with E-state index in [4.69, 9.17) is 5.11 Å². The number of nitrogens with zero attached hydrogens (tertiary/aromatic N) is 1. The zero-order valence-electron chi connectivity index (χ0n) is 15.8. The fourth-order valence-corrected chi connectivity index (χ4v) is 3.40. The van der Waals surface area contributed by atoms with Crippen molar-refractivity contribution >= 4 is 23.6 Å². The van der Waals surface area contributed by atoms with Crippen LogP contribution < -0.4 is 0 Å². The lowest BCUT2D eigenvalue weighted by Gasteiger charge is -2.32. The second-order valence-corrected chi connectivity index (χ2v) is 7.53. The zero-order chi connectivity index (χ0) is 21.3. The summed E-state index contributed by atoms with van der Waals surface area (Å²) in [6.07, 6.45) is 2.07. The van der Waals surface area contributed by atoms with Crippen LogP contribution in [0, 0.1) is 11.8 Å². The van der Waals surface area contributed by atoms with E-state index in [1.807, 2.05) is 0 Å². The van der Waals surface area contributed by atoms with Crippen LogP contribution in [0.3, 0.4) is 0 Å². The molecule has 1 heterocycles. The summed E-state index contributed by atoms with van der Waals surface area (Å²) in [5.41, 5.74) is -0.279. The molecular weight excluding hydrogens is 400 g/mol. The van der Waals surface area contributed by atoms with Crippen LogP contribution in [-0.2, 0) is 15.5 Å². The van der Waals surface area contributed by atoms with Gasteiger partial charge in [0.1, 0.15) is 6.10 Å². The molecule has 0 unspecified atom stereocenters. The molecule has 0 saturated carbocycles. The SMILES string of the molecule is O=C(O)CSCC#CCN1C(=O)CCC[C@@H]1/C=C/[C@@H](O)C(F)(F)c1ccccc1. The highest BCUT2D eigenvalue weighted by Crippen LogP contribution is 2.32. The van der Waals surface area contributed by atoms with Gasteiger partial charge in [-0.1, -0.05) is 54.3 Å². The van der Waals surface area contributed by atoms with E-state index in [9.17, 15) is 23.5 Å². The third kappa shape index (κ3) is 6.87. The molecule has 156 valence electrons. The largest absolute Gasteiger partial charge is 0.481 e. The lowest BCUT2D eigenvalue weighted by atomic mass is 9.98. The van der Waals surface area contributed by atoms with Gasteiger partial charge in [-0.2, -0.15) is 8.78 Å². The number of hydrogen-bond donors (Lipinski definition) is 2. The number of carboxylic acids is 1. The molecule has 0 spiro atoms. The van der Waals surface area contributed by atoms with Crippen molar-refractivity contribution < 1.29 is 28.6 Å². The van der Waals surface area contributed by atoms with Gasteiger partial charge in [0.25, 0.3) is 0 Å². The highest BCUT2D eigenvalue weighted by molar-refractivity contribution is 8.00. The van der Waals surface area contributed by atoms with Gasteiger partial charge in [-0.3, -0.25) is 9.59 Å². The van der Waals surface area contributed by atoms with Crippen molar-refractivity contribution in [3.63, 3.8) is 0 Å². The number of amides is 1. The second kappa shape index (κ2) is 11.0. The molecule has 1 saturated heterocycles. The van der Waals surface area contributed by atoms with Gasteiger partial charge in [-0.25, -0.2) is 0 Å². The molecule has 0 aromatic heterocycles. The highest BCUT2D eigenvalue weighted by Gasteiger charge is 2.39. The maximum absolute atomic E-state index is 14.4. The number of carbonyl (C=O) groups excluding carboxylic acids is 1. The molecular formula is C21H23F2NO4S. The smallest absolute Gasteiger partial charge is 0.313 e. The molecule has 0 radical (unpaired) electrons. The minimum Gasteiger partial charge on any atom is -0.481 e. The van der Waals surface area contributed by atoms with Crippen molar-refractivity contribution in [1.29, 1.82) is 0 Å². The van der Waals surface area contributed by atoms with Gasteiger partial charge in [-0.05, 0) is 12.8 Å². The first-order chi connectivity index (χ1) is 13.8. The van der Waals surface area contributed by atoms with E-state index in [2.05, 4.69) is 11.8 Å². The molecule has 1 aliphatic rings. The van der Waals surface area contributed by atoms with E-state index in [1.165, 1.54) is 35.2 Å². The number of rotatable bonds is 8. The number of halogens is 2. The summed E-state index contributed by atoms with van der Waals surface area (Å²) in [6, 6.07) is 6.67. The normalized spacial score (nSPS) is 18.4. The summed E-state index contributed by atoms with van der Waals surface area (Å²) in [4.78, 5) is 24.2. The molecule has 0 aliphatic carbocycles. The second-order valence-electron chi connectivity index (χ2n) is 6.54. The van der Waals surface area contributed by atoms with E-state index in [-0.39, 0.29) is 23.8 Å². The number of carboxylic acid groups (broad SMARTS) is 1. The molecule has 2 rings (SSSR count). The number of thioether (sulfide) groups is 1. The Morgan fingerprint density at radius 2 is 2.07 bits per heavy atom. The van der Waals surface area contributed by atoms with E-state index >= 15 is 0 Å². The Labute approximate surface area is 172 Å². The van der Waals surface area contributed by atoms with Gasteiger partial charge in [0, 0.05) is 12.0 Å². The summed E-state index contributed by atoms with van der Waals surface area (Å²) in [5.74, 6) is 1.43. The van der Waals surface area contributed by atoms with Gasteiger partial charge in [0.15, 0.2) is 0 Å². The minimum atomic E-state index is -3.44. The number of piperidine rings is 1. The van der Waals surface area contributed by atoms with Crippen LogP contribution >= 0.6 is 11.8 Å².